The van der Waals surface area contributed by atoms with Crippen molar-refractivity contribution in [3.05, 3.63) is 0 Å². The molecule has 0 aromatic carbocycles. The van der Waals surface area contributed by atoms with Gasteiger partial charge in [0.1, 0.15) is 0 Å². The standard InChI is InChI=1S/C8H16ClN/c1-6-4-8(9)5-7(2)10(6)3/h6-8H,4-5H2,1-3H3. The van der Waals surface area contributed by atoms with Crippen molar-refractivity contribution in [3.8, 4) is 0 Å². The molecule has 0 aromatic rings. The molecule has 1 saturated heterocycles. The molecule has 2 atom stereocenters. The predicted octanol–water partition coefficient (Wildman–Crippen LogP) is 2.10. The fourth-order valence-corrected chi connectivity index (χ4v) is 2.12. The van der Waals surface area contributed by atoms with Crippen LogP contribution in [0.3, 0.4) is 0 Å². The lowest BCUT2D eigenvalue weighted by molar-refractivity contribution is 0.140. The van der Waals surface area contributed by atoms with Crippen LogP contribution in [-0.4, -0.2) is 29.4 Å². The van der Waals surface area contributed by atoms with Gasteiger partial charge in [0.05, 0.1) is 0 Å². The van der Waals surface area contributed by atoms with Gasteiger partial charge in [-0.05, 0) is 33.7 Å². The van der Waals surface area contributed by atoms with Gasteiger partial charge in [0.2, 0.25) is 0 Å². The van der Waals surface area contributed by atoms with Crippen LogP contribution >= 0.6 is 11.6 Å². The van der Waals surface area contributed by atoms with E-state index < -0.39 is 0 Å². The van der Waals surface area contributed by atoms with E-state index in [0.29, 0.717) is 17.5 Å². The summed E-state index contributed by atoms with van der Waals surface area (Å²) in [4.78, 5) is 2.40. The number of halogens is 1. The maximum Gasteiger partial charge on any atom is 0.0365 e. The molecular weight excluding hydrogens is 146 g/mol. The van der Waals surface area contributed by atoms with E-state index >= 15 is 0 Å². The molecule has 10 heavy (non-hydrogen) atoms. The molecule has 60 valence electrons. The van der Waals surface area contributed by atoms with E-state index in [0.717, 1.165) is 12.8 Å². The molecule has 1 fully saturated rings. The minimum atomic E-state index is 0.404. The molecule has 0 amide bonds. The summed E-state index contributed by atoms with van der Waals surface area (Å²) in [5.41, 5.74) is 0. The summed E-state index contributed by atoms with van der Waals surface area (Å²) in [6, 6.07) is 1.32. The van der Waals surface area contributed by atoms with Gasteiger partial charge in [-0.3, -0.25) is 0 Å². The monoisotopic (exact) mass is 161 g/mol. The van der Waals surface area contributed by atoms with Gasteiger partial charge in [-0.15, -0.1) is 11.6 Å². The van der Waals surface area contributed by atoms with Gasteiger partial charge >= 0.3 is 0 Å². The van der Waals surface area contributed by atoms with Crippen LogP contribution in [0.15, 0.2) is 0 Å². The zero-order valence-electron chi connectivity index (χ0n) is 6.97. The van der Waals surface area contributed by atoms with Crippen molar-refractivity contribution in [1.29, 1.82) is 0 Å². The fraction of sp³-hybridized carbons (Fsp3) is 1.00. The van der Waals surface area contributed by atoms with Crippen molar-refractivity contribution >= 4 is 11.6 Å². The van der Waals surface area contributed by atoms with E-state index in [2.05, 4.69) is 25.8 Å². The number of hydrogen-bond donors (Lipinski definition) is 0. The van der Waals surface area contributed by atoms with Crippen LogP contribution in [0.4, 0.5) is 0 Å². The molecule has 1 aliphatic rings. The average molecular weight is 162 g/mol. The maximum absolute atomic E-state index is 6.04. The molecule has 0 radical (unpaired) electrons. The third-order valence-corrected chi connectivity index (χ3v) is 2.94. The second-order valence-electron chi connectivity index (χ2n) is 3.43. The first-order valence-electron chi connectivity index (χ1n) is 3.97. The van der Waals surface area contributed by atoms with Crippen molar-refractivity contribution < 1.29 is 0 Å². The highest BCUT2D eigenvalue weighted by atomic mass is 35.5. The lowest BCUT2D eigenvalue weighted by Crippen LogP contribution is -2.44. The number of alkyl halides is 1. The Morgan fingerprint density at radius 3 is 2.00 bits per heavy atom. The van der Waals surface area contributed by atoms with Gasteiger partial charge in [0.25, 0.3) is 0 Å². The first-order valence-corrected chi connectivity index (χ1v) is 4.41. The third kappa shape index (κ3) is 1.64. The van der Waals surface area contributed by atoms with Crippen molar-refractivity contribution in [1.82, 2.24) is 4.90 Å². The molecule has 2 unspecified atom stereocenters. The highest BCUT2D eigenvalue weighted by Gasteiger charge is 2.26. The summed E-state index contributed by atoms with van der Waals surface area (Å²) in [6.07, 6.45) is 2.28. The molecular formula is C8H16ClN. The second-order valence-corrected chi connectivity index (χ2v) is 4.05. The number of nitrogens with zero attached hydrogens (tertiary/aromatic N) is 1. The molecule has 0 aliphatic carbocycles. The number of piperidine rings is 1. The molecule has 1 aliphatic heterocycles. The van der Waals surface area contributed by atoms with Crippen LogP contribution in [0.5, 0.6) is 0 Å². The first-order chi connectivity index (χ1) is 4.61. The Morgan fingerprint density at radius 2 is 1.60 bits per heavy atom. The summed E-state index contributed by atoms with van der Waals surface area (Å²) in [5, 5.41) is 0.404. The zero-order valence-corrected chi connectivity index (χ0v) is 7.73. The summed E-state index contributed by atoms with van der Waals surface area (Å²) in [5.74, 6) is 0. The Hall–Kier alpha value is 0.250. The Kier molecular flexibility index (Phi) is 2.59. The van der Waals surface area contributed by atoms with Gasteiger partial charge in [-0.2, -0.15) is 0 Å². The molecule has 0 aromatic heterocycles. The van der Waals surface area contributed by atoms with E-state index in [4.69, 9.17) is 11.6 Å². The van der Waals surface area contributed by atoms with Crippen LogP contribution in [0.1, 0.15) is 26.7 Å². The Bertz CT molecular complexity index is 104. The van der Waals surface area contributed by atoms with Crippen LogP contribution < -0.4 is 0 Å². The number of likely N-dealkylation sites (tertiary alicyclic amines) is 1. The zero-order chi connectivity index (χ0) is 7.72. The molecule has 1 nitrogen and oxygen atoms in total. The van der Waals surface area contributed by atoms with E-state index in [1.165, 1.54) is 0 Å². The second kappa shape index (κ2) is 3.10. The average Bonchev–Trinajstić information content (AvgIpc) is 1.82. The highest BCUT2D eigenvalue weighted by molar-refractivity contribution is 6.20. The highest BCUT2D eigenvalue weighted by Crippen LogP contribution is 2.24. The third-order valence-electron chi connectivity index (χ3n) is 2.58. The summed E-state index contributed by atoms with van der Waals surface area (Å²) < 4.78 is 0. The summed E-state index contributed by atoms with van der Waals surface area (Å²) >= 11 is 6.04. The van der Waals surface area contributed by atoms with Crippen molar-refractivity contribution in [2.75, 3.05) is 7.05 Å². The maximum atomic E-state index is 6.04. The number of hydrogen-bond acceptors (Lipinski definition) is 1. The predicted molar refractivity (Wildman–Crippen MR) is 45.6 cm³/mol. The molecule has 1 rings (SSSR count). The van der Waals surface area contributed by atoms with Crippen molar-refractivity contribution in [2.24, 2.45) is 0 Å². The quantitative estimate of drug-likeness (QED) is 0.492. The normalized spacial score (nSPS) is 43.8. The van der Waals surface area contributed by atoms with Crippen LogP contribution in [0.25, 0.3) is 0 Å². The minimum absolute atomic E-state index is 0.404. The Balaban J connectivity index is 2.49. The minimum Gasteiger partial charge on any atom is -0.301 e. The van der Waals surface area contributed by atoms with Crippen LogP contribution in [-0.2, 0) is 0 Å². The molecule has 2 heteroatoms. The Labute approximate surface area is 68.4 Å². The van der Waals surface area contributed by atoms with Crippen LogP contribution in [0.2, 0.25) is 0 Å². The topological polar surface area (TPSA) is 3.24 Å². The lowest BCUT2D eigenvalue weighted by Gasteiger charge is -2.38. The first kappa shape index (κ1) is 8.35. The molecule has 0 spiro atoms. The molecule has 0 saturated carbocycles. The summed E-state index contributed by atoms with van der Waals surface area (Å²) in [7, 11) is 2.18. The molecule has 0 N–H and O–H groups in total. The van der Waals surface area contributed by atoms with Crippen molar-refractivity contribution in [3.63, 3.8) is 0 Å². The van der Waals surface area contributed by atoms with E-state index in [1.54, 1.807) is 0 Å². The van der Waals surface area contributed by atoms with E-state index in [-0.39, 0.29) is 0 Å². The van der Waals surface area contributed by atoms with Gasteiger partial charge in [-0.25, -0.2) is 0 Å². The van der Waals surface area contributed by atoms with Gasteiger partial charge in [0, 0.05) is 17.5 Å². The number of rotatable bonds is 0. The van der Waals surface area contributed by atoms with E-state index in [1.807, 2.05) is 0 Å². The lowest BCUT2D eigenvalue weighted by atomic mass is 9.98. The largest absolute Gasteiger partial charge is 0.301 e. The smallest absolute Gasteiger partial charge is 0.0365 e. The van der Waals surface area contributed by atoms with Gasteiger partial charge in [-0.1, -0.05) is 0 Å². The van der Waals surface area contributed by atoms with Crippen LogP contribution in [0, 0.1) is 0 Å². The van der Waals surface area contributed by atoms with Gasteiger partial charge < -0.3 is 4.90 Å². The summed E-state index contributed by atoms with van der Waals surface area (Å²) in [6.45, 7) is 4.48. The SMILES string of the molecule is CC1CC(Cl)CC(C)N1C. The Morgan fingerprint density at radius 1 is 1.20 bits per heavy atom. The van der Waals surface area contributed by atoms with E-state index in [9.17, 15) is 0 Å². The molecule has 0 bridgehead atoms. The molecule has 1 heterocycles. The van der Waals surface area contributed by atoms with Gasteiger partial charge in [0.15, 0.2) is 0 Å². The van der Waals surface area contributed by atoms with Crippen molar-refractivity contribution in [2.45, 2.75) is 44.1 Å². The fourth-order valence-electron chi connectivity index (χ4n) is 1.60.